The van der Waals surface area contributed by atoms with Crippen LogP contribution in [0.2, 0.25) is 5.02 Å². The zero-order valence-corrected chi connectivity index (χ0v) is 18.2. The highest BCUT2D eigenvalue weighted by Gasteiger charge is 2.26. The standard InChI is InChI=1S/C26H21ClN4O/c27-20-11-9-19(10-12-20)26-29-23-13-15-31(24(32)16-21-8-4-5-14-28-21)17-22(23)25(30-26)18-6-2-1-3-7-18/h1-12,14H,13,15-17H2. The predicted octanol–water partition coefficient (Wildman–Crippen LogP) is 4.99. The number of pyridine rings is 1. The molecule has 5 rings (SSSR count). The third-order valence-corrected chi connectivity index (χ3v) is 5.87. The highest BCUT2D eigenvalue weighted by Crippen LogP contribution is 2.31. The second-order valence-corrected chi connectivity index (χ2v) is 8.19. The quantitative estimate of drug-likeness (QED) is 0.448. The molecule has 0 saturated carbocycles. The predicted molar refractivity (Wildman–Crippen MR) is 125 cm³/mol. The first-order valence-electron chi connectivity index (χ1n) is 10.6. The molecule has 0 spiro atoms. The number of fused-ring (bicyclic) bond motifs is 1. The van der Waals surface area contributed by atoms with Crippen LogP contribution in [0.15, 0.2) is 79.0 Å². The van der Waals surface area contributed by atoms with Crippen LogP contribution in [0.5, 0.6) is 0 Å². The maximum atomic E-state index is 13.0. The van der Waals surface area contributed by atoms with Crippen molar-refractivity contribution >= 4 is 17.5 Å². The van der Waals surface area contributed by atoms with Crippen LogP contribution in [0.3, 0.4) is 0 Å². The summed E-state index contributed by atoms with van der Waals surface area (Å²) in [5.74, 6) is 0.739. The van der Waals surface area contributed by atoms with Gasteiger partial charge in [-0.05, 0) is 36.4 Å². The van der Waals surface area contributed by atoms with E-state index in [-0.39, 0.29) is 5.91 Å². The molecule has 1 aliphatic rings. The summed E-state index contributed by atoms with van der Waals surface area (Å²) < 4.78 is 0. The van der Waals surface area contributed by atoms with Gasteiger partial charge < -0.3 is 4.90 Å². The van der Waals surface area contributed by atoms with E-state index < -0.39 is 0 Å². The third-order valence-electron chi connectivity index (χ3n) is 5.62. The maximum Gasteiger partial charge on any atom is 0.228 e. The molecule has 0 radical (unpaired) electrons. The summed E-state index contributed by atoms with van der Waals surface area (Å²) in [6.45, 7) is 1.12. The SMILES string of the molecule is O=C(Cc1ccccn1)N1CCc2nc(-c3ccc(Cl)cc3)nc(-c3ccccc3)c2C1. The van der Waals surface area contributed by atoms with Gasteiger partial charge in [0.25, 0.3) is 0 Å². The van der Waals surface area contributed by atoms with E-state index in [0.717, 1.165) is 33.8 Å². The number of nitrogens with zero attached hydrogens (tertiary/aromatic N) is 4. The van der Waals surface area contributed by atoms with Crippen LogP contribution in [0.1, 0.15) is 17.0 Å². The summed E-state index contributed by atoms with van der Waals surface area (Å²) in [6.07, 6.45) is 2.69. The van der Waals surface area contributed by atoms with Crippen LogP contribution < -0.4 is 0 Å². The average molecular weight is 441 g/mol. The second-order valence-electron chi connectivity index (χ2n) is 7.76. The Balaban J connectivity index is 1.51. The molecule has 0 atom stereocenters. The van der Waals surface area contributed by atoms with Gasteiger partial charge in [0.15, 0.2) is 5.82 Å². The zero-order chi connectivity index (χ0) is 21.9. The number of amides is 1. The van der Waals surface area contributed by atoms with Crippen LogP contribution in [0.4, 0.5) is 0 Å². The molecule has 3 heterocycles. The highest BCUT2D eigenvalue weighted by atomic mass is 35.5. The smallest absolute Gasteiger partial charge is 0.228 e. The fraction of sp³-hybridized carbons (Fsp3) is 0.154. The molecule has 158 valence electrons. The van der Waals surface area contributed by atoms with Crippen molar-refractivity contribution < 1.29 is 4.79 Å². The van der Waals surface area contributed by atoms with Crippen molar-refractivity contribution in [2.45, 2.75) is 19.4 Å². The number of halogens is 1. The van der Waals surface area contributed by atoms with Crippen LogP contribution in [-0.2, 0) is 24.2 Å². The number of carbonyl (C=O) groups excluding carboxylic acids is 1. The van der Waals surface area contributed by atoms with Crippen LogP contribution in [-0.4, -0.2) is 32.3 Å². The molecular formula is C26H21ClN4O. The van der Waals surface area contributed by atoms with Gasteiger partial charge in [-0.15, -0.1) is 0 Å². The number of rotatable bonds is 4. The first-order chi connectivity index (χ1) is 15.7. The lowest BCUT2D eigenvalue weighted by molar-refractivity contribution is -0.131. The first kappa shape index (κ1) is 20.3. The normalized spacial score (nSPS) is 13.0. The van der Waals surface area contributed by atoms with Crippen molar-refractivity contribution in [1.82, 2.24) is 19.9 Å². The van der Waals surface area contributed by atoms with Gasteiger partial charge in [-0.25, -0.2) is 9.97 Å². The van der Waals surface area contributed by atoms with E-state index in [1.165, 1.54) is 0 Å². The number of hydrogen-bond donors (Lipinski definition) is 0. The number of benzene rings is 2. The molecule has 6 heteroatoms. The molecule has 0 bridgehead atoms. The van der Waals surface area contributed by atoms with E-state index in [1.54, 1.807) is 6.20 Å². The Morgan fingerprint density at radius 2 is 1.69 bits per heavy atom. The molecule has 0 N–H and O–H groups in total. The molecule has 1 amide bonds. The number of hydrogen-bond acceptors (Lipinski definition) is 4. The topological polar surface area (TPSA) is 59.0 Å². The summed E-state index contributed by atoms with van der Waals surface area (Å²) in [5.41, 5.74) is 5.58. The van der Waals surface area contributed by atoms with Crippen molar-refractivity contribution in [3.05, 3.63) is 101 Å². The minimum atomic E-state index is 0.0649. The fourth-order valence-electron chi connectivity index (χ4n) is 3.96. The lowest BCUT2D eigenvalue weighted by Gasteiger charge is -2.30. The molecule has 0 fully saturated rings. The summed E-state index contributed by atoms with van der Waals surface area (Å²) in [7, 11) is 0. The molecule has 32 heavy (non-hydrogen) atoms. The summed E-state index contributed by atoms with van der Waals surface area (Å²) in [4.78, 5) is 29.0. The van der Waals surface area contributed by atoms with E-state index in [1.807, 2.05) is 77.7 Å². The lowest BCUT2D eigenvalue weighted by atomic mass is 9.98. The summed E-state index contributed by atoms with van der Waals surface area (Å²) in [6, 6.07) is 23.3. The molecular weight excluding hydrogens is 420 g/mol. The molecule has 1 aliphatic heterocycles. The molecule has 2 aromatic heterocycles. The Hall–Kier alpha value is -3.57. The Morgan fingerprint density at radius 1 is 0.906 bits per heavy atom. The summed E-state index contributed by atoms with van der Waals surface area (Å²) >= 11 is 6.06. The van der Waals surface area contributed by atoms with Gasteiger partial charge >= 0.3 is 0 Å². The Labute approximate surface area is 191 Å². The van der Waals surface area contributed by atoms with Gasteiger partial charge in [0.2, 0.25) is 5.91 Å². The third kappa shape index (κ3) is 4.25. The van der Waals surface area contributed by atoms with Gasteiger partial charge in [0, 0.05) is 53.1 Å². The van der Waals surface area contributed by atoms with Gasteiger partial charge in [-0.3, -0.25) is 9.78 Å². The number of carbonyl (C=O) groups is 1. The van der Waals surface area contributed by atoms with Gasteiger partial charge in [0.05, 0.1) is 17.8 Å². The Kier molecular flexibility index (Phi) is 5.65. The molecule has 0 unspecified atom stereocenters. The minimum absolute atomic E-state index is 0.0649. The van der Waals surface area contributed by atoms with E-state index in [2.05, 4.69) is 4.98 Å². The van der Waals surface area contributed by atoms with E-state index in [4.69, 9.17) is 21.6 Å². The van der Waals surface area contributed by atoms with Crippen LogP contribution in [0, 0.1) is 0 Å². The van der Waals surface area contributed by atoms with Crippen molar-refractivity contribution in [3.63, 3.8) is 0 Å². The van der Waals surface area contributed by atoms with Crippen molar-refractivity contribution in [2.24, 2.45) is 0 Å². The second kappa shape index (κ2) is 8.89. The molecule has 2 aromatic carbocycles. The monoisotopic (exact) mass is 440 g/mol. The Morgan fingerprint density at radius 3 is 2.44 bits per heavy atom. The van der Waals surface area contributed by atoms with Crippen molar-refractivity contribution in [3.8, 4) is 22.6 Å². The largest absolute Gasteiger partial charge is 0.337 e. The maximum absolute atomic E-state index is 13.0. The van der Waals surface area contributed by atoms with Crippen molar-refractivity contribution in [1.29, 1.82) is 0 Å². The first-order valence-corrected chi connectivity index (χ1v) is 10.9. The van der Waals surface area contributed by atoms with Crippen LogP contribution >= 0.6 is 11.6 Å². The number of aromatic nitrogens is 3. The molecule has 5 nitrogen and oxygen atoms in total. The average Bonchev–Trinajstić information content (AvgIpc) is 2.84. The molecule has 0 saturated heterocycles. The van der Waals surface area contributed by atoms with Gasteiger partial charge in [0.1, 0.15) is 0 Å². The van der Waals surface area contributed by atoms with Gasteiger partial charge in [-0.1, -0.05) is 48.0 Å². The van der Waals surface area contributed by atoms with E-state index >= 15 is 0 Å². The lowest BCUT2D eigenvalue weighted by Crippen LogP contribution is -2.38. The van der Waals surface area contributed by atoms with Crippen LogP contribution in [0.25, 0.3) is 22.6 Å². The Bertz CT molecular complexity index is 1240. The van der Waals surface area contributed by atoms with Crippen molar-refractivity contribution in [2.75, 3.05) is 6.54 Å². The molecule has 4 aromatic rings. The summed E-state index contributed by atoms with van der Waals surface area (Å²) in [5, 5.41) is 0.678. The van der Waals surface area contributed by atoms with E-state index in [9.17, 15) is 4.79 Å². The molecule has 0 aliphatic carbocycles. The minimum Gasteiger partial charge on any atom is -0.337 e. The fourth-order valence-corrected chi connectivity index (χ4v) is 4.09. The van der Waals surface area contributed by atoms with E-state index in [0.29, 0.717) is 36.8 Å². The highest BCUT2D eigenvalue weighted by molar-refractivity contribution is 6.30. The van der Waals surface area contributed by atoms with Gasteiger partial charge in [-0.2, -0.15) is 0 Å². The zero-order valence-electron chi connectivity index (χ0n) is 17.4.